The summed E-state index contributed by atoms with van der Waals surface area (Å²) in [4.78, 5) is 2.43. The van der Waals surface area contributed by atoms with Crippen molar-refractivity contribution >= 4 is 0 Å². The van der Waals surface area contributed by atoms with Gasteiger partial charge < -0.3 is 9.84 Å². The summed E-state index contributed by atoms with van der Waals surface area (Å²) < 4.78 is 4.80. The second-order valence-corrected chi connectivity index (χ2v) is 3.56. The van der Waals surface area contributed by atoms with Crippen molar-refractivity contribution in [3.05, 3.63) is 18.0 Å². The van der Waals surface area contributed by atoms with Crippen LogP contribution in [-0.4, -0.2) is 35.7 Å². The van der Waals surface area contributed by atoms with Crippen molar-refractivity contribution in [1.82, 2.24) is 15.4 Å². The third-order valence-electron chi connectivity index (χ3n) is 2.51. The number of hydrogen-bond donors (Lipinski definition) is 1. The Morgan fingerprint density at radius 3 is 3.38 bits per heavy atom. The first-order valence-electron chi connectivity index (χ1n) is 4.69. The van der Waals surface area contributed by atoms with Crippen molar-refractivity contribution in [3.8, 4) is 0 Å². The molecular formula is C9H15N3O. The molecule has 1 saturated heterocycles. The van der Waals surface area contributed by atoms with Crippen LogP contribution in [0.5, 0.6) is 0 Å². The van der Waals surface area contributed by atoms with Crippen molar-refractivity contribution in [1.29, 1.82) is 0 Å². The van der Waals surface area contributed by atoms with Gasteiger partial charge in [0.05, 0.1) is 6.20 Å². The number of hydrogen-bond acceptors (Lipinski definition) is 4. The molecule has 0 saturated carbocycles. The summed E-state index contributed by atoms with van der Waals surface area (Å²) in [7, 11) is 0. The van der Waals surface area contributed by atoms with Crippen LogP contribution < -0.4 is 5.32 Å². The third-order valence-corrected chi connectivity index (χ3v) is 2.51. The van der Waals surface area contributed by atoms with Gasteiger partial charge in [-0.15, -0.1) is 0 Å². The first kappa shape index (κ1) is 8.72. The smallest absolute Gasteiger partial charge is 0.128 e. The van der Waals surface area contributed by atoms with E-state index >= 15 is 0 Å². The number of piperazine rings is 1. The van der Waals surface area contributed by atoms with Gasteiger partial charge in [-0.1, -0.05) is 5.16 Å². The highest BCUT2D eigenvalue weighted by atomic mass is 16.5. The summed E-state index contributed by atoms with van der Waals surface area (Å²) >= 11 is 0. The van der Waals surface area contributed by atoms with Crippen molar-refractivity contribution in [3.63, 3.8) is 0 Å². The van der Waals surface area contributed by atoms with Crippen molar-refractivity contribution in [2.75, 3.05) is 19.6 Å². The van der Waals surface area contributed by atoms with Crippen molar-refractivity contribution in [2.45, 2.75) is 19.5 Å². The molecule has 1 N–H and O–H groups in total. The lowest BCUT2D eigenvalue weighted by molar-refractivity contribution is 0.165. The zero-order chi connectivity index (χ0) is 9.10. The highest BCUT2D eigenvalue weighted by Crippen LogP contribution is 2.08. The molecule has 4 nitrogen and oxygen atoms in total. The Bertz CT molecular complexity index is 247. The Kier molecular flexibility index (Phi) is 2.61. The van der Waals surface area contributed by atoms with Gasteiger partial charge >= 0.3 is 0 Å². The summed E-state index contributed by atoms with van der Waals surface area (Å²) in [5.74, 6) is 0. The Labute approximate surface area is 77.9 Å². The average molecular weight is 181 g/mol. The molecule has 1 aliphatic rings. The topological polar surface area (TPSA) is 41.3 Å². The average Bonchev–Trinajstić information content (AvgIpc) is 2.61. The summed E-state index contributed by atoms with van der Waals surface area (Å²) in [6, 6.07) is 0.601. The van der Waals surface area contributed by atoms with Gasteiger partial charge in [-0.05, 0) is 6.92 Å². The Hall–Kier alpha value is -0.870. The zero-order valence-corrected chi connectivity index (χ0v) is 7.86. The molecule has 2 rings (SSSR count). The monoisotopic (exact) mass is 181 g/mol. The molecule has 1 aliphatic heterocycles. The molecule has 4 heteroatoms. The molecule has 1 atom stereocenters. The summed E-state index contributed by atoms with van der Waals surface area (Å²) in [6.07, 6.45) is 3.50. The van der Waals surface area contributed by atoms with E-state index in [1.54, 1.807) is 12.5 Å². The number of rotatable bonds is 2. The third kappa shape index (κ3) is 2.08. The highest BCUT2D eigenvalue weighted by Gasteiger charge is 2.17. The van der Waals surface area contributed by atoms with E-state index in [4.69, 9.17) is 4.52 Å². The van der Waals surface area contributed by atoms with Gasteiger partial charge in [-0.3, -0.25) is 4.90 Å². The molecule has 0 amide bonds. The maximum Gasteiger partial charge on any atom is 0.128 e. The summed E-state index contributed by atoms with van der Waals surface area (Å²) in [5, 5.41) is 7.06. The lowest BCUT2D eigenvalue weighted by Crippen LogP contribution is -2.49. The van der Waals surface area contributed by atoms with Crippen molar-refractivity contribution < 1.29 is 4.52 Å². The molecule has 1 aromatic heterocycles. The SMILES string of the molecule is CC1CNCCN1Cc1cnoc1. The molecule has 0 aliphatic carbocycles. The Balaban J connectivity index is 1.93. The predicted molar refractivity (Wildman–Crippen MR) is 49.2 cm³/mol. The first-order valence-corrected chi connectivity index (χ1v) is 4.69. The minimum absolute atomic E-state index is 0.601. The van der Waals surface area contributed by atoms with Gasteiger partial charge in [0, 0.05) is 37.8 Å². The van der Waals surface area contributed by atoms with E-state index in [1.165, 1.54) is 0 Å². The summed E-state index contributed by atoms with van der Waals surface area (Å²) in [6.45, 7) is 6.44. The maximum atomic E-state index is 4.80. The summed E-state index contributed by atoms with van der Waals surface area (Å²) in [5.41, 5.74) is 1.16. The van der Waals surface area contributed by atoms with Gasteiger partial charge in [0.25, 0.3) is 0 Å². The second kappa shape index (κ2) is 3.89. The maximum absolute atomic E-state index is 4.80. The van der Waals surface area contributed by atoms with Crippen LogP contribution in [0.25, 0.3) is 0 Å². The Morgan fingerprint density at radius 1 is 1.77 bits per heavy atom. The van der Waals surface area contributed by atoms with E-state index in [1.807, 2.05) is 0 Å². The minimum atomic E-state index is 0.601. The fourth-order valence-corrected chi connectivity index (χ4v) is 1.66. The van der Waals surface area contributed by atoms with E-state index in [-0.39, 0.29) is 0 Å². The second-order valence-electron chi connectivity index (χ2n) is 3.56. The van der Waals surface area contributed by atoms with Gasteiger partial charge in [0.15, 0.2) is 0 Å². The van der Waals surface area contributed by atoms with Crippen LogP contribution in [0, 0.1) is 0 Å². The van der Waals surface area contributed by atoms with Crippen LogP contribution in [0.4, 0.5) is 0 Å². The van der Waals surface area contributed by atoms with Crippen LogP contribution in [0.15, 0.2) is 17.0 Å². The van der Waals surface area contributed by atoms with Crippen molar-refractivity contribution in [2.24, 2.45) is 0 Å². The molecule has 13 heavy (non-hydrogen) atoms. The molecule has 0 radical (unpaired) electrons. The van der Waals surface area contributed by atoms with E-state index in [0.717, 1.165) is 31.7 Å². The number of nitrogens with one attached hydrogen (secondary N) is 1. The first-order chi connectivity index (χ1) is 6.36. The molecule has 0 bridgehead atoms. The molecule has 0 spiro atoms. The van der Waals surface area contributed by atoms with Crippen LogP contribution in [0.3, 0.4) is 0 Å². The lowest BCUT2D eigenvalue weighted by Gasteiger charge is -2.33. The highest BCUT2D eigenvalue weighted by molar-refractivity contribution is 5.00. The quantitative estimate of drug-likeness (QED) is 0.720. The molecule has 0 aromatic carbocycles. The lowest BCUT2D eigenvalue weighted by atomic mass is 10.2. The minimum Gasteiger partial charge on any atom is -0.364 e. The van der Waals surface area contributed by atoms with Crippen LogP contribution >= 0.6 is 0 Å². The van der Waals surface area contributed by atoms with E-state index < -0.39 is 0 Å². The van der Waals surface area contributed by atoms with Crippen LogP contribution in [0.2, 0.25) is 0 Å². The largest absolute Gasteiger partial charge is 0.364 e. The zero-order valence-electron chi connectivity index (χ0n) is 7.86. The molecular weight excluding hydrogens is 166 g/mol. The van der Waals surface area contributed by atoms with Gasteiger partial charge in [-0.25, -0.2) is 0 Å². The van der Waals surface area contributed by atoms with Crippen LogP contribution in [-0.2, 0) is 6.54 Å². The fraction of sp³-hybridized carbons (Fsp3) is 0.667. The molecule has 1 unspecified atom stereocenters. The molecule has 72 valence electrons. The molecule has 1 fully saturated rings. The predicted octanol–water partition coefficient (Wildman–Crippen LogP) is 0.468. The van der Waals surface area contributed by atoms with Gasteiger partial charge in [0.2, 0.25) is 0 Å². The number of aromatic nitrogens is 1. The number of nitrogens with zero attached hydrogens (tertiary/aromatic N) is 2. The Morgan fingerprint density at radius 2 is 2.69 bits per heavy atom. The normalized spacial score (nSPS) is 24.8. The van der Waals surface area contributed by atoms with Crippen LogP contribution in [0.1, 0.15) is 12.5 Å². The fourth-order valence-electron chi connectivity index (χ4n) is 1.66. The van der Waals surface area contributed by atoms with E-state index in [9.17, 15) is 0 Å². The van der Waals surface area contributed by atoms with E-state index in [0.29, 0.717) is 6.04 Å². The molecule has 1 aromatic rings. The van der Waals surface area contributed by atoms with Gasteiger partial charge in [0.1, 0.15) is 6.26 Å². The van der Waals surface area contributed by atoms with Gasteiger partial charge in [-0.2, -0.15) is 0 Å². The standard InChI is InChI=1S/C9H15N3O/c1-8-4-10-2-3-12(8)6-9-5-11-13-7-9/h5,7-8,10H,2-4,6H2,1H3. The molecule has 2 heterocycles. The van der Waals surface area contributed by atoms with E-state index in [2.05, 4.69) is 22.3 Å².